The smallest absolute Gasteiger partial charge is 0.303 e. The average molecular weight is 311 g/mol. The number of carboxylic acid groups (broad SMARTS) is 1. The van der Waals surface area contributed by atoms with Gasteiger partial charge in [-0.1, -0.05) is 30.3 Å². The van der Waals surface area contributed by atoms with Crippen molar-refractivity contribution in [3.05, 3.63) is 58.2 Å². The Morgan fingerprint density at radius 1 is 1.13 bits per heavy atom. The van der Waals surface area contributed by atoms with Gasteiger partial charge in [0.25, 0.3) is 0 Å². The van der Waals surface area contributed by atoms with Gasteiger partial charge in [0.2, 0.25) is 0 Å². The minimum absolute atomic E-state index is 0.0107. The van der Waals surface area contributed by atoms with E-state index in [0.29, 0.717) is 5.69 Å². The van der Waals surface area contributed by atoms with Crippen molar-refractivity contribution in [3.63, 3.8) is 0 Å². The van der Waals surface area contributed by atoms with E-state index in [2.05, 4.69) is 10.1 Å². The number of fused-ring (bicyclic) bond motifs is 1. The largest absolute Gasteiger partial charge is 0.511 e. The Bertz CT molecular complexity index is 980. The van der Waals surface area contributed by atoms with Crippen molar-refractivity contribution in [2.45, 2.75) is 12.8 Å². The number of hydrogen-bond acceptors (Lipinski definition) is 5. The summed E-state index contributed by atoms with van der Waals surface area (Å²) in [4.78, 5) is 27.1. The van der Waals surface area contributed by atoms with Crippen LogP contribution in [0.4, 0.5) is 0 Å². The molecular weight excluding hydrogens is 298 g/mol. The van der Waals surface area contributed by atoms with Crippen LogP contribution < -0.4 is 10.6 Å². The molecule has 0 aliphatic carbocycles. The molecule has 2 N–H and O–H groups in total. The molecule has 0 amide bonds. The van der Waals surface area contributed by atoms with E-state index in [9.17, 15) is 14.7 Å². The van der Waals surface area contributed by atoms with E-state index in [1.807, 2.05) is 30.3 Å². The van der Waals surface area contributed by atoms with Gasteiger partial charge in [0.15, 0.2) is 11.1 Å². The Morgan fingerprint density at radius 2 is 1.87 bits per heavy atom. The number of carboxylic acids is 1. The lowest BCUT2D eigenvalue weighted by Crippen LogP contribution is -2.30. The van der Waals surface area contributed by atoms with Crippen molar-refractivity contribution in [1.29, 1.82) is 0 Å². The molecule has 7 heteroatoms. The molecule has 0 bridgehead atoms. The summed E-state index contributed by atoms with van der Waals surface area (Å²) in [7, 11) is 0. The highest BCUT2D eigenvalue weighted by atomic mass is 16.4. The van der Waals surface area contributed by atoms with Gasteiger partial charge in [-0.05, 0) is 0 Å². The van der Waals surface area contributed by atoms with Crippen LogP contribution in [0.2, 0.25) is 0 Å². The summed E-state index contributed by atoms with van der Waals surface area (Å²) in [6.45, 7) is 0. The molecule has 0 spiro atoms. The number of aliphatic hydroxyl groups excluding tert-OH is 1. The van der Waals surface area contributed by atoms with Crippen LogP contribution in [0, 0.1) is 0 Å². The Balaban J connectivity index is 2.26. The first-order chi connectivity index (χ1) is 11.1. The predicted molar refractivity (Wildman–Crippen MR) is 82.8 cm³/mol. The summed E-state index contributed by atoms with van der Waals surface area (Å²) in [6.07, 6.45) is 0.874. The molecule has 2 heterocycles. The lowest BCUT2D eigenvalue weighted by molar-refractivity contribution is -0.136. The molecule has 1 aromatic carbocycles. The molecule has 0 atom stereocenters. The van der Waals surface area contributed by atoms with Gasteiger partial charge in [-0.2, -0.15) is 5.10 Å². The van der Waals surface area contributed by atoms with Crippen molar-refractivity contribution in [1.82, 2.24) is 14.6 Å². The molecule has 3 rings (SSSR count). The molecule has 0 radical (unpaired) electrons. The van der Waals surface area contributed by atoms with Gasteiger partial charge in [-0.15, -0.1) is 0 Å². The summed E-state index contributed by atoms with van der Waals surface area (Å²) >= 11 is 0. The van der Waals surface area contributed by atoms with Gasteiger partial charge in [-0.3, -0.25) is 9.59 Å². The third kappa shape index (κ3) is 2.76. The lowest BCUT2D eigenvalue weighted by Gasteiger charge is -2.05. The molecular formula is C16H13N3O4. The highest BCUT2D eigenvalue weighted by Gasteiger charge is 2.13. The molecule has 0 unspecified atom stereocenters. The van der Waals surface area contributed by atoms with Crippen molar-refractivity contribution < 1.29 is 15.0 Å². The van der Waals surface area contributed by atoms with Crippen molar-refractivity contribution in [2.24, 2.45) is 0 Å². The molecule has 23 heavy (non-hydrogen) atoms. The number of aliphatic carboxylic acids is 1. The first-order valence-electron chi connectivity index (χ1n) is 6.94. The Hall–Kier alpha value is -3.22. The lowest BCUT2D eigenvalue weighted by atomic mass is 10.1. The SMILES string of the molecule is O=C(O)CC/C(O)=c1\c(=O)cc(-c2ccccc2)n2ncnc12. The first-order valence-corrected chi connectivity index (χ1v) is 6.94. The second-order valence-electron chi connectivity index (χ2n) is 4.97. The van der Waals surface area contributed by atoms with E-state index in [4.69, 9.17) is 5.11 Å². The number of pyridine rings is 1. The maximum atomic E-state index is 12.4. The molecule has 7 nitrogen and oxygen atoms in total. The molecule has 0 aliphatic rings. The van der Waals surface area contributed by atoms with Gasteiger partial charge in [0, 0.05) is 18.1 Å². The zero-order valence-electron chi connectivity index (χ0n) is 12.0. The molecule has 0 aliphatic heterocycles. The van der Waals surface area contributed by atoms with E-state index < -0.39 is 11.4 Å². The molecule has 0 saturated heterocycles. The fourth-order valence-corrected chi connectivity index (χ4v) is 2.39. The van der Waals surface area contributed by atoms with Gasteiger partial charge in [0.1, 0.15) is 17.3 Å². The standard InChI is InChI=1S/C16H13N3O4/c20-12(6-7-14(22)23)15-13(21)8-11(10-4-2-1-3-5-10)19-16(15)17-9-18-19/h1-5,8-9,20H,6-7H2,(H,22,23)/b15-12-. The number of aliphatic hydroxyl groups is 1. The third-order valence-electron chi connectivity index (χ3n) is 3.45. The first kappa shape index (κ1) is 14.7. The monoisotopic (exact) mass is 311 g/mol. The zero-order chi connectivity index (χ0) is 16.4. The molecule has 0 fully saturated rings. The maximum absolute atomic E-state index is 12.4. The minimum atomic E-state index is -1.05. The number of carbonyl (C=O) groups is 1. The van der Waals surface area contributed by atoms with E-state index in [1.54, 1.807) is 0 Å². The quantitative estimate of drug-likeness (QED) is 0.745. The fourth-order valence-electron chi connectivity index (χ4n) is 2.39. The van der Waals surface area contributed by atoms with Gasteiger partial charge in [-0.25, -0.2) is 9.50 Å². The zero-order valence-corrected chi connectivity index (χ0v) is 12.0. The topological polar surface area (TPSA) is 105 Å². The summed E-state index contributed by atoms with van der Waals surface area (Å²) in [5.41, 5.74) is 1.13. The highest BCUT2D eigenvalue weighted by molar-refractivity contribution is 5.69. The molecule has 3 aromatic rings. The van der Waals surface area contributed by atoms with Crippen LogP contribution in [0.25, 0.3) is 22.7 Å². The second kappa shape index (κ2) is 5.88. The number of aromatic nitrogens is 3. The van der Waals surface area contributed by atoms with Crippen LogP contribution in [0.5, 0.6) is 0 Å². The minimum Gasteiger partial charge on any atom is -0.511 e. The van der Waals surface area contributed by atoms with Crippen LogP contribution in [0.1, 0.15) is 12.8 Å². The average Bonchev–Trinajstić information content (AvgIpc) is 3.01. The van der Waals surface area contributed by atoms with Gasteiger partial charge < -0.3 is 10.2 Å². The van der Waals surface area contributed by atoms with E-state index in [0.717, 1.165) is 5.56 Å². The summed E-state index contributed by atoms with van der Waals surface area (Å²) in [5.74, 6) is -1.35. The van der Waals surface area contributed by atoms with Crippen LogP contribution in [0.3, 0.4) is 0 Å². The van der Waals surface area contributed by atoms with Crippen LogP contribution >= 0.6 is 0 Å². The van der Waals surface area contributed by atoms with Crippen molar-refractivity contribution in [3.8, 4) is 11.3 Å². The number of benzene rings is 1. The van der Waals surface area contributed by atoms with E-state index >= 15 is 0 Å². The van der Waals surface area contributed by atoms with Crippen molar-refractivity contribution in [2.75, 3.05) is 0 Å². The second-order valence-corrected chi connectivity index (χ2v) is 4.97. The Kier molecular flexibility index (Phi) is 3.76. The Labute approximate surface area is 130 Å². The summed E-state index contributed by atoms with van der Waals surface area (Å²) in [5, 5.41) is 22.9. The normalized spacial score (nSPS) is 12.3. The maximum Gasteiger partial charge on any atom is 0.303 e. The summed E-state index contributed by atoms with van der Waals surface area (Å²) < 4.78 is 1.46. The van der Waals surface area contributed by atoms with E-state index in [-0.39, 0.29) is 29.5 Å². The number of nitrogens with zero attached hydrogens (tertiary/aromatic N) is 3. The van der Waals surface area contributed by atoms with Gasteiger partial charge >= 0.3 is 5.97 Å². The van der Waals surface area contributed by atoms with Crippen LogP contribution in [-0.2, 0) is 4.79 Å². The third-order valence-corrected chi connectivity index (χ3v) is 3.45. The fraction of sp³-hybridized carbons (Fsp3) is 0.125. The molecule has 0 saturated carbocycles. The molecule has 116 valence electrons. The van der Waals surface area contributed by atoms with Crippen molar-refractivity contribution >= 4 is 17.4 Å². The summed E-state index contributed by atoms with van der Waals surface area (Å²) in [6, 6.07) is 10.6. The van der Waals surface area contributed by atoms with Crippen LogP contribution in [-0.4, -0.2) is 30.8 Å². The highest BCUT2D eigenvalue weighted by Crippen LogP contribution is 2.16. The Morgan fingerprint density at radius 3 is 2.57 bits per heavy atom. The number of hydrogen-bond donors (Lipinski definition) is 2. The van der Waals surface area contributed by atoms with E-state index in [1.165, 1.54) is 16.9 Å². The van der Waals surface area contributed by atoms with Gasteiger partial charge in [0.05, 0.1) is 12.1 Å². The molecule has 2 aromatic heterocycles. The number of rotatable bonds is 4. The predicted octanol–water partition coefficient (Wildman–Crippen LogP) is 1.01. The van der Waals surface area contributed by atoms with Crippen LogP contribution in [0.15, 0.2) is 47.5 Å².